The molecule has 0 spiro atoms. The van der Waals surface area contributed by atoms with E-state index >= 15 is 0 Å². The van der Waals surface area contributed by atoms with Crippen LogP contribution in [-0.4, -0.2) is 28.0 Å². The predicted molar refractivity (Wildman–Crippen MR) is 83.3 cm³/mol. The van der Waals surface area contributed by atoms with Crippen molar-refractivity contribution >= 4 is 5.91 Å². The van der Waals surface area contributed by atoms with Gasteiger partial charge in [-0.1, -0.05) is 0 Å². The molecule has 1 aliphatic carbocycles. The Morgan fingerprint density at radius 1 is 1.48 bits per heavy atom. The molecular weight excluding hydrogens is 296 g/mol. The van der Waals surface area contributed by atoms with Crippen molar-refractivity contribution in [3.8, 4) is 5.75 Å². The van der Waals surface area contributed by atoms with Gasteiger partial charge in [0.1, 0.15) is 5.75 Å². The van der Waals surface area contributed by atoms with Crippen molar-refractivity contribution in [2.45, 2.75) is 25.8 Å². The van der Waals surface area contributed by atoms with Crippen molar-refractivity contribution in [3.63, 3.8) is 0 Å². The average Bonchev–Trinajstić information content (AvgIpc) is 3.37. The largest absolute Gasteiger partial charge is 0.496 e. The van der Waals surface area contributed by atoms with E-state index in [0.29, 0.717) is 11.7 Å². The second-order valence-corrected chi connectivity index (χ2v) is 5.62. The summed E-state index contributed by atoms with van der Waals surface area (Å²) in [6, 6.07) is 2.84. The summed E-state index contributed by atoms with van der Waals surface area (Å²) in [4.78, 5) is 35.1. The Hall–Kier alpha value is -2.70. The smallest absolute Gasteiger partial charge is 0.257 e. The predicted octanol–water partition coefficient (Wildman–Crippen LogP) is 1.36. The molecule has 7 heteroatoms. The maximum Gasteiger partial charge on any atom is 0.257 e. The van der Waals surface area contributed by atoms with Crippen LogP contribution in [0.3, 0.4) is 0 Å². The average molecular weight is 314 g/mol. The molecule has 0 aromatic carbocycles. The van der Waals surface area contributed by atoms with Gasteiger partial charge in [-0.25, -0.2) is 9.97 Å². The topological polar surface area (TPSA) is 97.0 Å². The minimum absolute atomic E-state index is 0.237. The number of methoxy groups -OCH3 is 1. The molecule has 1 atom stereocenters. The first kappa shape index (κ1) is 15.2. The molecule has 2 N–H and O–H groups in total. The molecule has 0 aliphatic heterocycles. The third-order valence-electron chi connectivity index (χ3n) is 3.82. The number of ether oxygens (including phenoxy) is 1. The van der Waals surface area contributed by atoms with Crippen LogP contribution >= 0.6 is 0 Å². The van der Waals surface area contributed by atoms with Gasteiger partial charge in [0.2, 0.25) is 0 Å². The van der Waals surface area contributed by atoms with E-state index in [1.165, 1.54) is 19.4 Å². The van der Waals surface area contributed by atoms with Gasteiger partial charge in [-0.05, 0) is 31.7 Å². The fourth-order valence-electron chi connectivity index (χ4n) is 2.46. The van der Waals surface area contributed by atoms with Crippen molar-refractivity contribution in [2.24, 2.45) is 5.92 Å². The van der Waals surface area contributed by atoms with E-state index in [2.05, 4.69) is 20.3 Å². The lowest BCUT2D eigenvalue weighted by molar-refractivity contribution is 0.0926. The van der Waals surface area contributed by atoms with Crippen LogP contribution in [0.5, 0.6) is 5.75 Å². The van der Waals surface area contributed by atoms with Crippen LogP contribution in [0.25, 0.3) is 0 Å². The summed E-state index contributed by atoms with van der Waals surface area (Å²) in [5.74, 6) is 0.879. The molecule has 0 radical (unpaired) electrons. The van der Waals surface area contributed by atoms with E-state index in [9.17, 15) is 9.59 Å². The number of carbonyl (C=O) groups excluding carboxylic acids is 1. The molecule has 23 heavy (non-hydrogen) atoms. The Kier molecular flexibility index (Phi) is 4.10. The normalized spacial score (nSPS) is 15.0. The first-order valence-electron chi connectivity index (χ1n) is 7.45. The molecule has 7 nitrogen and oxygen atoms in total. The minimum Gasteiger partial charge on any atom is -0.496 e. The van der Waals surface area contributed by atoms with E-state index in [1.54, 1.807) is 6.20 Å². The van der Waals surface area contributed by atoms with Gasteiger partial charge in [0.15, 0.2) is 5.82 Å². The lowest BCUT2D eigenvalue weighted by atomic mass is 10.1. The van der Waals surface area contributed by atoms with Crippen LogP contribution in [0.15, 0.2) is 29.3 Å². The van der Waals surface area contributed by atoms with E-state index in [4.69, 9.17) is 4.74 Å². The lowest BCUT2D eigenvalue weighted by Crippen LogP contribution is -2.32. The number of rotatable bonds is 5. The Morgan fingerprint density at radius 2 is 2.26 bits per heavy atom. The number of hydrogen-bond acceptors (Lipinski definition) is 5. The van der Waals surface area contributed by atoms with Crippen LogP contribution < -0.4 is 15.6 Å². The molecule has 2 heterocycles. The number of hydrogen-bond donors (Lipinski definition) is 2. The van der Waals surface area contributed by atoms with Crippen molar-refractivity contribution in [2.75, 3.05) is 7.11 Å². The highest BCUT2D eigenvalue weighted by atomic mass is 16.5. The molecule has 120 valence electrons. The monoisotopic (exact) mass is 314 g/mol. The highest BCUT2D eigenvalue weighted by molar-refractivity contribution is 5.96. The van der Waals surface area contributed by atoms with Gasteiger partial charge in [0.25, 0.3) is 11.5 Å². The zero-order valence-electron chi connectivity index (χ0n) is 13.0. The van der Waals surface area contributed by atoms with Crippen LogP contribution in [-0.2, 0) is 0 Å². The summed E-state index contributed by atoms with van der Waals surface area (Å²) in [5, 5.41) is 2.97. The van der Waals surface area contributed by atoms with Gasteiger partial charge in [-0.15, -0.1) is 0 Å². The highest BCUT2D eigenvalue weighted by Gasteiger charge is 2.35. The van der Waals surface area contributed by atoms with Crippen LogP contribution in [0.4, 0.5) is 0 Å². The first-order chi connectivity index (χ1) is 11.1. The molecule has 0 saturated heterocycles. The second-order valence-electron chi connectivity index (χ2n) is 5.62. The molecule has 1 saturated carbocycles. The zero-order chi connectivity index (χ0) is 16.4. The minimum atomic E-state index is -0.320. The highest BCUT2D eigenvalue weighted by Crippen LogP contribution is 2.40. The first-order valence-corrected chi connectivity index (χ1v) is 7.45. The molecule has 2 aromatic rings. The number of aromatic nitrogens is 3. The van der Waals surface area contributed by atoms with E-state index in [1.807, 2.05) is 13.0 Å². The molecule has 1 amide bonds. The summed E-state index contributed by atoms with van der Waals surface area (Å²) in [5.41, 5.74) is 0.820. The summed E-state index contributed by atoms with van der Waals surface area (Å²) in [6.45, 7) is 1.89. The Balaban J connectivity index is 1.86. The quantitative estimate of drug-likeness (QED) is 0.868. The number of aryl methyl sites for hydroxylation is 1. The molecule has 3 rings (SSSR count). The Bertz CT molecular complexity index is 783. The van der Waals surface area contributed by atoms with E-state index < -0.39 is 0 Å². The molecule has 1 unspecified atom stereocenters. The molecular formula is C16H18N4O3. The van der Waals surface area contributed by atoms with Crippen molar-refractivity contribution in [1.29, 1.82) is 0 Å². The number of aromatic amines is 1. The van der Waals surface area contributed by atoms with Gasteiger partial charge in [-0.3, -0.25) is 9.59 Å². The third-order valence-corrected chi connectivity index (χ3v) is 3.82. The number of nitrogens with one attached hydrogen (secondary N) is 2. The number of pyridine rings is 1. The third kappa shape index (κ3) is 3.39. The van der Waals surface area contributed by atoms with Gasteiger partial charge in [0, 0.05) is 24.2 Å². The number of amides is 1. The van der Waals surface area contributed by atoms with Gasteiger partial charge < -0.3 is 15.0 Å². The van der Waals surface area contributed by atoms with Gasteiger partial charge >= 0.3 is 0 Å². The van der Waals surface area contributed by atoms with Crippen LogP contribution in [0, 0.1) is 12.8 Å². The van der Waals surface area contributed by atoms with E-state index in [0.717, 1.165) is 18.5 Å². The second kappa shape index (κ2) is 6.20. The standard InChI is InChI=1S/C16H18N4O3/c1-9-5-6-17-15(19-9)14(10-3-4-10)20-16(22)11-8-18-13(21)7-12(11)23-2/h5-8,10,14H,3-4H2,1-2H3,(H,18,21)(H,20,22). The summed E-state index contributed by atoms with van der Waals surface area (Å²) in [6.07, 6.45) is 5.12. The zero-order valence-corrected chi connectivity index (χ0v) is 13.0. The number of H-pyrrole nitrogens is 1. The maximum absolute atomic E-state index is 12.6. The van der Waals surface area contributed by atoms with Crippen LogP contribution in [0.1, 0.15) is 40.8 Å². The lowest BCUT2D eigenvalue weighted by Gasteiger charge is -2.18. The van der Waals surface area contributed by atoms with E-state index in [-0.39, 0.29) is 28.8 Å². The summed E-state index contributed by atoms with van der Waals surface area (Å²) < 4.78 is 5.12. The number of nitrogens with zero attached hydrogens (tertiary/aromatic N) is 2. The SMILES string of the molecule is COc1cc(=O)[nH]cc1C(=O)NC(c1nccc(C)n1)C1CC1. The van der Waals surface area contributed by atoms with Crippen molar-refractivity contribution in [1.82, 2.24) is 20.3 Å². The van der Waals surface area contributed by atoms with Crippen molar-refractivity contribution in [3.05, 3.63) is 52.0 Å². The summed E-state index contributed by atoms with van der Waals surface area (Å²) in [7, 11) is 1.42. The molecule has 1 aliphatic rings. The number of carbonyl (C=O) groups is 1. The maximum atomic E-state index is 12.6. The summed E-state index contributed by atoms with van der Waals surface area (Å²) >= 11 is 0. The van der Waals surface area contributed by atoms with Crippen molar-refractivity contribution < 1.29 is 9.53 Å². The molecule has 1 fully saturated rings. The van der Waals surface area contributed by atoms with Gasteiger partial charge in [0.05, 0.1) is 18.7 Å². The fourth-order valence-corrected chi connectivity index (χ4v) is 2.46. The van der Waals surface area contributed by atoms with Crippen LogP contribution in [0.2, 0.25) is 0 Å². The molecule has 2 aromatic heterocycles. The Labute approximate surface area is 133 Å². The Morgan fingerprint density at radius 3 is 2.91 bits per heavy atom. The fraction of sp³-hybridized carbons (Fsp3) is 0.375. The molecule has 0 bridgehead atoms. The van der Waals surface area contributed by atoms with Gasteiger partial charge in [-0.2, -0.15) is 0 Å².